The van der Waals surface area contributed by atoms with Gasteiger partial charge in [-0.25, -0.2) is 0 Å². The summed E-state index contributed by atoms with van der Waals surface area (Å²) in [6.45, 7) is 0. The van der Waals surface area contributed by atoms with Gasteiger partial charge in [-0.15, -0.1) is 0 Å². The molecule has 9 rings (SSSR count). The Balaban J connectivity index is 1.20. The van der Waals surface area contributed by atoms with Gasteiger partial charge in [0.2, 0.25) is 0 Å². The van der Waals surface area contributed by atoms with Gasteiger partial charge in [0, 0.05) is 44.8 Å². The van der Waals surface area contributed by atoms with Crippen molar-refractivity contribution in [1.29, 1.82) is 15.8 Å². The minimum absolute atomic E-state index is 0.376. The van der Waals surface area contributed by atoms with E-state index in [9.17, 15) is 15.8 Å². The minimum atomic E-state index is 0.376. The average Bonchev–Trinajstić information content (AvgIpc) is 3.62. The highest BCUT2D eigenvalue weighted by Crippen LogP contribution is 2.40. The Hall–Kier alpha value is -7.39. The van der Waals surface area contributed by atoms with Gasteiger partial charge in [-0.05, 0) is 77.4 Å². The SMILES string of the molecule is N#CC1=CC(c2ccccc2-n2c3ccccc3c3ccccc32)=C(C#N)CC=C1c1cccc(-n2c3ccccc3c3cc(C#N)ccc32)c1. The van der Waals surface area contributed by atoms with Crippen molar-refractivity contribution >= 4 is 54.8 Å². The van der Waals surface area contributed by atoms with Crippen molar-refractivity contribution in [2.75, 3.05) is 0 Å². The van der Waals surface area contributed by atoms with Gasteiger partial charge in [0.15, 0.2) is 0 Å². The fourth-order valence-electron chi connectivity index (χ4n) is 7.66. The van der Waals surface area contributed by atoms with Gasteiger partial charge in [-0.2, -0.15) is 15.8 Å². The van der Waals surface area contributed by atoms with Gasteiger partial charge < -0.3 is 9.13 Å². The normalized spacial score (nSPS) is 13.1. The Morgan fingerprint density at radius 3 is 1.82 bits per heavy atom. The largest absolute Gasteiger partial charge is 0.309 e. The lowest BCUT2D eigenvalue weighted by atomic mass is 9.94. The molecule has 0 radical (unpaired) electrons. The average molecular weight is 650 g/mol. The molecule has 0 fully saturated rings. The first kappa shape index (κ1) is 29.7. The number of hydrogen-bond donors (Lipinski definition) is 0. The monoisotopic (exact) mass is 649 g/mol. The van der Waals surface area contributed by atoms with Crippen LogP contribution in [0.4, 0.5) is 0 Å². The number of benzene rings is 6. The van der Waals surface area contributed by atoms with Crippen LogP contribution in [-0.2, 0) is 0 Å². The molecule has 0 spiro atoms. The molecule has 0 amide bonds. The fraction of sp³-hybridized carbons (Fsp3) is 0.0217. The fourth-order valence-corrected chi connectivity index (χ4v) is 7.66. The third kappa shape index (κ3) is 4.67. The number of aromatic nitrogens is 2. The highest BCUT2D eigenvalue weighted by atomic mass is 15.0. The van der Waals surface area contributed by atoms with E-state index in [4.69, 9.17) is 0 Å². The zero-order valence-electron chi connectivity index (χ0n) is 27.4. The van der Waals surface area contributed by atoms with E-state index in [-0.39, 0.29) is 0 Å². The lowest BCUT2D eigenvalue weighted by Crippen LogP contribution is -2.00. The third-order valence-corrected chi connectivity index (χ3v) is 9.90. The molecule has 0 saturated heterocycles. The van der Waals surface area contributed by atoms with Gasteiger partial charge in [-0.1, -0.05) is 91.0 Å². The molecule has 6 aromatic carbocycles. The summed E-state index contributed by atoms with van der Waals surface area (Å²) >= 11 is 0. The highest BCUT2D eigenvalue weighted by molar-refractivity contribution is 6.11. The molecule has 0 atom stereocenters. The summed E-state index contributed by atoms with van der Waals surface area (Å²) in [6, 6.07) is 54.3. The predicted molar refractivity (Wildman–Crippen MR) is 205 cm³/mol. The smallest absolute Gasteiger partial charge is 0.0998 e. The lowest BCUT2D eigenvalue weighted by molar-refractivity contribution is 1.17. The standard InChI is InChI=1S/C46H27N5/c47-27-30-20-23-46-41(24-30)39-15-4-5-16-42(39)50(46)34-11-9-10-31(25-34)35-22-21-32(28-48)40(26-33(35)29-49)38-14-3-8-19-45(38)51-43-17-6-1-12-36(43)37-13-2-7-18-44(37)51/h1-20,22-26H,21H2. The lowest BCUT2D eigenvalue weighted by Gasteiger charge is -2.15. The van der Waals surface area contributed by atoms with Crippen molar-refractivity contribution < 1.29 is 0 Å². The molecule has 5 nitrogen and oxygen atoms in total. The molecule has 51 heavy (non-hydrogen) atoms. The molecule has 0 N–H and O–H groups in total. The van der Waals surface area contributed by atoms with E-state index in [1.165, 1.54) is 0 Å². The van der Waals surface area contributed by atoms with Crippen LogP contribution >= 0.6 is 0 Å². The van der Waals surface area contributed by atoms with Crippen LogP contribution in [0.3, 0.4) is 0 Å². The minimum Gasteiger partial charge on any atom is -0.309 e. The van der Waals surface area contributed by atoms with Gasteiger partial charge in [0.25, 0.3) is 0 Å². The van der Waals surface area contributed by atoms with Crippen molar-refractivity contribution in [1.82, 2.24) is 9.13 Å². The Morgan fingerprint density at radius 2 is 1.14 bits per heavy atom. The summed E-state index contributed by atoms with van der Waals surface area (Å²) in [5, 5.41) is 35.2. The predicted octanol–water partition coefficient (Wildman–Crippen LogP) is 11.0. The van der Waals surface area contributed by atoms with Crippen LogP contribution in [0.1, 0.15) is 23.1 Å². The number of nitriles is 3. The van der Waals surface area contributed by atoms with Crippen LogP contribution in [0, 0.1) is 34.0 Å². The number of nitrogens with zero attached hydrogens (tertiary/aromatic N) is 5. The molecule has 8 aromatic rings. The molecule has 0 bridgehead atoms. The quantitative estimate of drug-likeness (QED) is 0.190. The van der Waals surface area contributed by atoms with E-state index in [0.717, 1.165) is 77.3 Å². The Kier molecular flexibility index (Phi) is 6.96. The van der Waals surface area contributed by atoms with Gasteiger partial charge in [0.1, 0.15) is 0 Å². The molecular weight excluding hydrogens is 623 g/mol. The Labute approximate surface area is 294 Å². The van der Waals surface area contributed by atoms with E-state index in [2.05, 4.69) is 94.1 Å². The van der Waals surface area contributed by atoms with Crippen molar-refractivity contribution in [3.8, 4) is 29.6 Å². The van der Waals surface area contributed by atoms with Crippen LogP contribution in [0.5, 0.6) is 0 Å². The van der Waals surface area contributed by atoms with E-state index >= 15 is 0 Å². The second-order valence-corrected chi connectivity index (χ2v) is 12.6. The molecule has 1 aliphatic rings. The summed E-state index contributed by atoms with van der Waals surface area (Å²) in [7, 11) is 0. The second-order valence-electron chi connectivity index (χ2n) is 12.6. The molecule has 1 aliphatic carbocycles. The molecule has 5 heteroatoms. The number of fused-ring (bicyclic) bond motifs is 6. The van der Waals surface area contributed by atoms with E-state index in [1.54, 1.807) is 0 Å². The maximum absolute atomic E-state index is 10.7. The summed E-state index contributed by atoms with van der Waals surface area (Å²) in [4.78, 5) is 0. The number of allylic oxidation sites excluding steroid dienone is 6. The highest BCUT2D eigenvalue weighted by Gasteiger charge is 2.22. The topological polar surface area (TPSA) is 81.2 Å². The zero-order chi connectivity index (χ0) is 34.5. The Morgan fingerprint density at radius 1 is 0.510 bits per heavy atom. The summed E-state index contributed by atoms with van der Waals surface area (Å²) in [5.41, 5.74) is 11.1. The number of para-hydroxylation sites is 4. The summed E-state index contributed by atoms with van der Waals surface area (Å²) < 4.78 is 4.46. The zero-order valence-corrected chi connectivity index (χ0v) is 27.4. The molecular formula is C46H27N5. The molecule has 236 valence electrons. The van der Waals surface area contributed by atoms with E-state index in [0.29, 0.717) is 23.1 Å². The summed E-state index contributed by atoms with van der Waals surface area (Å²) in [5.74, 6) is 0. The first-order valence-electron chi connectivity index (χ1n) is 16.8. The molecule has 0 unspecified atom stereocenters. The van der Waals surface area contributed by atoms with Crippen molar-refractivity contribution in [3.05, 3.63) is 180 Å². The van der Waals surface area contributed by atoms with Crippen LogP contribution in [0.15, 0.2) is 163 Å². The molecule has 0 aliphatic heterocycles. The first-order chi connectivity index (χ1) is 25.2. The van der Waals surface area contributed by atoms with E-state index < -0.39 is 0 Å². The van der Waals surface area contributed by atoms with Crippen molar-refractivity contribution in [3.63, 3.8) is 0 Å². The maximum atomic E-state index is 10.7. The van der Waals surface area contributed by atoms with Crippen molar-refractivity contribution in [2.24, 2.45) is 0 Å². The van der Waals surface area contributed by atoms with Gasteiger partial charge in [-0.3, -0.25) is 0 Å². The summed E-state index contributed by atoms with van der Waals surface area (Å²) in [6.07, 6.45) is 4.27. The van der Waals surface area contributed by atoms with Crippen molar-refractivity contribution in [2.45, 2.75) is 6.42 Å². The van der Waals surface area contributed by atoms with Gasteiger partial charge >= 0.3 is 0 Å². The van der Waals surface area contributed by atoms with Gasteiger partial charge in [0.05, 0.1) is 57.1 Å². The maximum Gasteiger partial charge on any atom is 0.0998 e. The number of rotatable bonds is 4. The first-order valence-corrected chi connectivity index (χ1v) is 16.8. The Bertz CT molecular complexity index is 2920. The van der Waals surface area contributed by atoms with Crippen LogP contribution in [0.25, 0.3) is 66.1 Å². The van der Waals surface area contributed by atoms with Crippen LogP contribution < -0.4 is 0 Å². The van der Waals surface area contributed by atoms with Crippen LogP contribution in [0.2, 0.25) is 0 Å². The number of hydrogen-bond acceptors (Lipinski definition) is 3. The molecule has 2 heterocycles. The molecule has 0 saturated carbocycles. The van der Waals surface area contributed by atoms with E-state index in [1.807, 2.05) is 84.9 Å². The molecule has 2 aromatic heterocycles. The second kappa shape index (κ2) is 11.9. The third-order valence-electron chi connectivity index (χ3n) is 9.90. The van der Waals surface area contributed by atoms with Crippen LogP contribution in [-0.4, -0.2) is 9.13 Å².